The van der Waals surface area contributed by atoms with Crippen molar-refractivity contribution >= 4 is 17.7 Å². The van der Waals surface area contributed by atoms with Gasteiger partial charge in [-0.15, -0.1) is 0 Å². The molecule has 1 saturated carbocycles. The second-order valence-electron chi connectivity index (χ2n) is 5.88. The molecule has 1 aliphatic carbocycles. The largest absolute Gasteiger partial charge is 0.319 e. The van der Waals surface area contributed by atoms with E-state index in [1.807, 2.05) is 0 Å². The monoisotopic (exact) mass is 252 g/mol. The average Bonchev–Trinajstić information content (AvgIpc) is 2.69. The minimum absolute atomic E-state index is 0.0131. The van der Waals surface area contributed by atoms with Crippen molar-refractivity contribution in [2.45, 2.75) is 45.6 Å². The Bertz CT molecular complexity index is 403. The summed E-state index contributed by atoms with van der Waals surface area (Å²) >= 11 is 0. The predicted octanol–water partition coefficient (Wildman–Crippen LogP) is 0.686. The number of rotatable bonds is 1. The first-order valence-corrected chi connectivity index (χ1v) is 6.50. The Morgan fingerprint density at radius 3 is 2.56 bits per heavy atom. The highest BCUT2D eigenvalue weighted by Gasteiger charge is 2.46. The summed E-state index contributed by atoms with van der Waals surface area (Å²) in [7, 11) is 0. The van der Waals surface area contributed by atoms with Gasteiger partial charge in [0, 0.05) is 5.92 Å². The molecule has 5 nitrogen and oxygen atoms in total. The van der Waals surface area contributed by atoms with Crippen molar-refractivity contribution in [3.05, 3.63) is 0 Å². The first kappa shape index (κ1) is 13.1. The van der Waals surface area contributed by atoms with Crippen LogP contribution in [0.2, 0.25) is 0 Å². The number of carbonyl (C=O) groups excluding carboxylic acids is 3. The number of imide groups is 1. The minimum atomic E-state index is -0.937. The summed E-state index contributed by atoms with van der Waals surface area (Å²) < 4.78 is 0. The van der Waals surface area contributed by atoms with Gasteiger partial charge in [-0.3, -0.25) is 19.7 Å². The standard InChI is InChI=1S/C13H20N2O3/c1-8-5-4-6-9(8)11(17)15-7-10(16)14-12(18)13(15,2)3/h8-9H,4-7H2,1-3H3,(H,14,16,18). The fourth-order valence-electron chi connectivity index (χ4n) is 2.85. The normalized spacial score (nSPS) is 31.4. The van der Waals surface area contributed by atoms with Crippen LogP contribution in [0.25, 0.3) is 0 Å². The molecule has 1 N–H and O–H groups in total. The number of nitrogens with zero attached hydrogens (tertiary/aromatic N) is 1. The van der Waals surface area contributed by atoms with Crippen molar-refractivity contribution in [3.8, 4) is 0 Å². The van der Waals surface area contributed by atoms with Crippen LogP contribution in [0.15, 0.2) is 0 Å². The van der Waals surface area contributed by atoms with E-state index in [-0.39, 0.29) is 18.4 Å². The molecule has 5 heteroatoms. The third-order valence-electron chi connectivity index (χ3n) is 4.23. The second kappa shape index (κ2) is 4.37. The van der Waals surface area contributed by atoms with Crippen molar-refractivity contribution in [1.29, 1.82) is 0 Å². The Kier molecular flexibility index (Phi) is 3.17. The van der Waals surface area contributed by atoms with E-state index < -0.39 is 17.4 Å². The lowest BCUT2D eigenvalue weighted by Crippen LogP contribution is -2.66. The molecule has 18 heavy (non-hydrogen) atoms. The quantitative estimate of drug-likeness (QED) is 0.698. The number of carbonyl (C=O) groups is 3. The van der Waals surface area contributed by atoms with E-state index in [9.17, 15) is 14.4 Å². The third-order valence-corrected chi connectivity index (χ3v) is 4.23. The highest BCUT2D eigenvalue weighted by atomic mass is 16.2. The lowest BCUT2D eigenvalue weighted by molar-refractivity contribution is -0.158. The summed E-state index contributed by atoms with van der Waals surface area (Å²) in [5.74, 6) is -0.527. The van der Waals surface area contributed by atoms with Crippen molar-refractivity contribution in [3.63, 3.8) is 0 Å². The molecule has 100 valence electrons. The van der Waals surface area contributed by atoms with Crippen molar-refractivity contribution in [2.75, 3.05) is 6.54 Å². The van der Waals surface area contributed by atoms with Crippen molar-refractivity contribution in [2.24, 2.45) is 11.8 Å². The maximum atomic E-state index is 12.5. The summed E-state index contributed by atoms with van der Waals surface area (Å²) in [5.41, 5.74) is -0.937. The van der Waals surface area contributed by atoms with Crippen molar-refractivity contribution in [1.82, 2.24) is 10.2 Å². The topological polar surface area (TPSA) is 66.5 Å². The molecule has 0 radical (unpaired) electrons. The van der Waals surface area contributed by atoms with Crippen LogP contribution in [-0.2, 0) is 14.4 Å². The SMILES string of the molecule is CC1CCCC1C(=O)N1CC(=O)NC(=O)C1(C)C. The zero-order valence-corrected chi connectivity index (χ0v) is 11.2. The average molecular weight is 252 g/mol. The van der Waals surface area contributed by atoms with E-state index in [1.165, 1.54) is 4.90 Å². The molecule has 0 aromatic rings. The molecular weight excluding hydrogens is 232 g/mol. The Morgan fingerprint density at radius 2 is 2.00 bits per heavy atom. The third kappa shape index (κ3) is 2.02. The fourth-order valence-corrected chi connectivity index (χ4v) is 2.85. The van der Waals surface area contributed by atoms with E-state index in [0.29, 0.717) is 5.92 Å². The molecule has 0 spiro atoms. The van der Waals surface area contributed by atoms with Gasteiger partial charge in [0.25, 0.3) is 5.91 Å². The summed E-state index contributed by atoms with van der Waals surface area (Å²) in [6, 6.07) is 0. The van der Waals surface area contributed by atoms with Crippen LogP contribution in [0.4, 0.5) is 0 Å². The van der Waals surface area contributed by atoms with Gasteiger partial charge in [-0.25, -0.2) is 0 Å². The van der Waals surface area contributed by atoms with Gasteiger partial charge in [0.15, 0.2) is 0 Å². The molecule has 0 bridgehead atoms. The van der Waals surface area contributed by atoms with Crippen LogP contribution in [0.5, 0.6) is 0 Å². The van der Waals surface area contributed by atoms with E-state index in [1.54, 1.807) is 13.8 Å². The van der Waals surface area contributed by atoms with Gasteiger partial charge in [-0.05, 0) is 32.6 Å². The zero-order valence-electron chi connectivity index (χ0n) is 11.2. The van der Waals surface area contributed by atoms with E-state index in [2.05, 4.69) is 12.2 Å². The molecule has 2 unspecified atom stereocenters. The lowest BCUT2D eigenvalue weighted by Gasteiger charge is -2.41. The van der Waals surface area contributed by atoms with Gasteiger partial charge < -0.3 is 4.90 Å². The predicted molar refractivity (Wildman–Crippen MR) is 65.4 cm³/mol. The Balaban J connectivity index is 2.22. The molecule has 2 atom stereocenters. The van der Waals surface area contributed by atoms with Crippen LogP contribution in [0.3, 0.4) is 0 Å². The first-order chi connectivity index (χ1) is 8.34. The molecule has 3 amide bonds. The maximum absolute atomic E-state index is 12.5. The molecule has 2 rings (SSSR count). The number of nitrogens with one attached hydrogen (secondary N) is 1. The second-order valence-corrected chi connectivity index (χ2v) is 5.88. The minimum Gasteiger partial charge on any atom is -0.319 e. The lowest BCUT2D eigenvalue weighted by atomic mass is 9.91. The van der Waals surface area contributed by atoms with Crippen LogP contribution in [-0.4, -0.2) is 34.7 Å². The zero-order chi connectivity index (χ0) is 13.5. The van der Waals surface area contributed by atoms with Gasteiger partial charge in [0.2, 0.25) is 11.8 Å². The molecule has 1 heterocycles. The number of hydrogen-bond donors (Lipinski definition) is 1. The van der Waals surface area contributed by atoms with E-state index in [4.69, 9.17) is 0 Å². The summed E-state index contributed by atoms with van der Waals surface area (Å²) in [5, 5.41) is 2.28. The number of piperazine rings is 1. The van der Waals surface area contributed by atoms with Crippen LogP contribution < -0.4 is 5.32 Å². The smallest absolute Gasteiger partial charge is 0.252 e. The molecule has 1 aliphatic heterocycles. The van der Waals surface area contributed by atoms with Gasteiger partial charge >= 0.3 is 0 Å². The van der Waals surface area contributed by atoms with Crippen LogP contribution in [0.1, 0.15) is 40.0 Å². The van der Waals surface area contributed by atoms with Gasteiger partial charge in [0.1, 0.15) is 12.1 Å². The van der Waals surface area contributed by atoms with Crippen molar-refractivity contribution < 1.29 is 14.4 Å². The molecular formula is C13H20N2O3. The Labute approximate surface area is 107 Å². The molecule has 0 aromatic heterocycles. The highest BCUT2D eigenvalue weighted by Crippen LogP contribution is 2.34. The first-order valence-electron chi connectivity index (χ1n) is 6.50. The Hall–Kier alpha value is -1.39. The van der Waals surface area contributed by atoms with Gasteiger partial charge in [-0.2, -0.15) is 0 Å². The molecule has 2 fully saturated rings. The maximum Gasteiger partial charge on any atom is 0.252 e. The highest BCUT2D eigenvalue weighted by molar-refractivity contribution is 6.06. The summed E-state index contributed by atoms with van der Waals surface area (Å²) in [6.45, 7) is 5.42. The number of hydrogen-bond acceptors (Lipinski definition) is 3. The van der Waals surface area contributed by atoms with Crippen LogP contribution >= 0.6 is 0 Å². The molecule has 1 saturated heterocycles. The van der Waals surface area contributed by atoms with Gasteiger partial charge in [0.05, 0.1) is 0 Å². The van der Waals surface area contributed by atoms with Crippen LogP contribution in [0, 0.1) is 11.8 Å². The Morgan fingerprint density at radius 1 is 1.33 bits per heavy atom. The summed E-state index contributed by atoms with van der Waals surface area (Å²) in [6.07, 6.45) is 2.96. The van der Waals surface area contributed by atoms with Gasteiger partial charge in [-0.1, -0.05) is 13.3 Å². The fraction of sp³-hybridized carbons (Fsp3) is 0.769. The molecule has 2 aliphatic rings. The van der Waals surface area contributed by atoms with E-state index in [0.717, 1.165) is 19.3 Å². The van der Waals surface area contributed by atoms with E-state index >= 15 is 0 Å². The molecule has 0 aromatic carbocycles. The summed E-state index contributed by atoms with van der Waals surface area (Å²) in [4.78, 5) is 37.2. The number of amides is 3.